The maximum absolute atomic E-state index is 14.2. The molecule has 0 spiro atoms. The molecule has 246 valence electrons. The van der Waals surface area contributed by atoms with Gasteiger partial charge in [-0.15, -0.1) is 10.2 Å². The van der Waals surface area contributed by atoms with Crippen LogP contribution in [0.4, 0.5) is 19.0 Å². The van der Waals surface area contributed by atoms with Crippen molar-refractivity contribution in [1.29, 1.82) is 5.26 Å². The van der Waals surface area contributed by atoms with E-state index in [9.17, 15) is 32.5 Å². The summed E-state index contributed by atoms with van der Waals surface area (Å²) < 4.78 is 57.7. The number of carboxylic acid groups (broad SMARTS) is 1. The van der Waals surface area contributed by atoms with Crippen molar-refractivity contribution in [3.05, 3.63) is 81.9 Å². The Hall–Kier alpha value is -4.35. The maximum atomic E-state index is 14.2. The number of fused-ring (bicyclic) bond motifs is 4. The smallest absolute Gasteiger partial charge is 0.452 e. The Bertz CT molecular complexity index is 1950. The van der Waals surface area contributed by atoms with Crippen molar-refractivity contribution < 1.29 is 27.3 Å². The minimum absolute atomic E-state index is 0.00522. The molecule has 1 aromatic carbocycles. The molecule has 3 aromatic heterocycles. The molecule has 0 radical (unpaired) electrons. The molecule has 6 rings (SSSR count). The van der Waals surface area contributed by atoms with Gasteiger partial charge in [0.05, 0.1) is 15.9 Å². The number of benzene rings is 1. The number of pyridine rings is 2. The second-order valence-corrected chi connectivity index (χ2v) is 14.3. The van der Waals surface area contributed by atoms with Crippen LogP contribution in [0.5, 0.6) is 0 Å². The number of aryl methyl sites for hydroxylation is 2. The molecule has 2 aliphatic rings. The van der Waals surface area contributed by atoms with Crippen LogP contribution < -0.4 is 4.90 Å². The minimum Gasteiger partial charge on any atom is -0.481 e. The van der Waals surface area contributed by atoms with Crippen LogP contribution in [0.25, 0.3) is 5.65 Å². The summed E-state index contributed by atoms with van der Waals surface area (Å²) in [7, 11) is -1.64. The topological polar surface area (TPSA) is 128 Å². The number of hydrogen-bond acceptors (Lipinski definition) is 7. The molecule has 0 saturated carbocycles. The predicted molar refractivity (Wildman–Crippen MR) is 168 cm³/mol. The third kappa shape index (κ3) is 5.76. The van der Waals surface area contributed by atoms with E-state index >= 15 is 0 Å². The highest BCUT2D eigenvalue weighted by Gasteiger charge is 2.42. The molecule has 1 fully saturated rings. The van der Waals surface area contributed by atoms with Crippen molar-refractivity contribution in [1.82, 2.24) is 23.9 Å². The van der Waals surface area contributed by atoms with Crippen molar-refractivity contribution in [2.24, 2.45) is 5.41 Å². The molecule has 0 aliphatic carbocycles. The van der Waals surface area contributed by atoms with E-state index in [-0.39, 0.29) is 18.2 Å². The van der Waals surface area contributed by atoms with Crippen molar-refractivity contribution in [2.75, 3.05) is 18.0 Å². The van der Waals surface area contributed by atoms with Crippen LogP contribution in [0, 0.1) is 30.6 Å². The van der Waals surface area contributed by atoms with Crippen LogP contribution in [-0.2, 0) is 28.5 Å². The first-order valence-corrected chi connectivity index (χ1v) is 16.4. The third-order valence-corrected chi connectivity index (χ3v) is 10.9. The van der Waals surface area contributed by atoms with Crippen molar-refractivity contribution >= 4 is 28.4 Å². The molecule has 3 atom stereocenters. The van der Waals surface area contributed by atoms with Crippen LogP contribution >= 0.6 is 0 Å². The van der Waals surface area contributed by atoms with Crippen molar-refractivity contribution in [3.63, 3.8) is 0 Å². The van der Waals surface area contributed by atoms with Gasteiger partial charge >= 0.3 is 12.1 Å². The highest BCUT2D eigenvalue weighted by Crippen LogP contribution is 2.44. The van der Waals surface area contributed by atoms with Gasteiger partial charge in [0.2, 0.25) is 5.82 Å². The van der Waals surface area contributed by atoms with Crippen LogP contribution in [0.3, 0.4) is 0 Å². The zero-order chi connectivity index (χ0) is 33.8. The first-order valence-electron chi connectivity index (χ1n) is 15.3. The number of aromatic nitrogens is 4. The highest BCUT2D eigenvalue weighted by atomic mass is 32.2. The fraction of sp³-hybridized carbons (Fsp3) is 0.424. The molecule has 47 heavy (non-hydrogen) atoms. The average Bonchev–Trinajstić information content (AvgIpc) is 3.44. The Labute approximate surface area is 272 Å². The normalized spacial score (nSPS) is 19.5. The van der Waals surface area contributed by atoms with Gasteiger partial charge in [-0.05, 0) is 86.9 Å². The van der Waals surface area contributed by atoms with Crippen LogP contribution in [-0.4, -0.2) is 58.3 Å². The lowest BCUT2D eigenvalue weighted by Gasteiger charge is -2.36. The molecular weight excluding hydrogens is 631 g/mol. The highest BCUT2D eigenvalue weighted by molar-refractivity contribution is 7.82. The standard InChI is InChI=1S/C33H34F3N7O3S/c1-19-8-9-22(27(32(3,4)31(44)45)25-10-12-43-28(20(25)2)39-40-30(43)33(34,35)36)14-23(19)17-41-18-24-7-5-6-11-42(24)29-26(47(41)46)13-21(15-37)16-38-29/h8-10,12-14,16,24,27H,5-7,11,17-18H2,1-4H3,(H,44,45). The Morgan fingerprint density at radius 2 is 1.94 bits per heavy atom. The van der Waals surface area contributed by atoms with Crippen LogP contribution in [0.15, 0.2) is 47.6 Å². The van der Waals surface area contributed by atoms with Gasteiger partial charge in [-0.2, -0.15) is 18.4 Å². The summed E-state index contributed by atoms with van der Waals surface area (Å²) >= 11 is 0. The van der Waals surface area contributed by atoms with E-state index in [2.05, 4.69) is 26.2 Å². The molecule has 0 amide bonds. The fourth-order valence-corrected chi connectivity index (χ4v) is 8.22. The number of nitriles is 1. The average molecular weight is 666 g/mol. The fourth-order valence-electron chi connectivity index (χ4n) is 6.82. The first kappa shape index (κ1) is 32.6. The summed E-state index contributed by atoms with van der Waals surface area (Å²) in [4.78, 5) is 19.9. The third-order valence-electron chi connectivity index (χ3n) is 9.46. The molecule has 5 heterocycles. The van der Waals surface area contributed by atoms with E-state index < -0.39 is 40.3 Å². The maximum Gasteiger partial charge on any atom is 0.452 e. The molecule has 2 aliphatic heterocycles. The number of aliphatic carboxylic acids is 1. The van der Waals surface area contributed by atoms with E-state index in [1.807, 2.05) is 29.4 Å². The van der Waals surface area contributed by atoms with Gasteiger partial charge < -0.3 is 10.0 Å². The zero-order valence-electron chi connectivity index (χ0n) is 26.4. The molecule has 10 nitrogen and oxygen atoms in total. The van der Waals surface area contributed by atoms with Crippen LogP contribution in [0.2, 0.25) is 0 Å². The quantitative estimate of drug-likeness (QED) is 0.275. The number of alkyl halides is 3. The van der Waals surface area contributed by atoms with Crippen molar-refractivity contribution in [2.45, 2.75) is 76.5 Å². The Kier molecular flexibility index (Phi) is 8.34. The van der Waals surface area contributed by atoms with Crippen molar-refractivity contribution in [3.8, 4) is 6.07 Å². The lowest BCUT2D eigenvalue weighted by Crippen LogP contribution is -2.45. The monoisotopic (exact) mass is 665 g/mol. The van der Waals surface area contributed by atoms with Gasteiger partial charge in [-0.3, -0.25) is 9.20 Å². The van der Waals surface area contributed by atoms with E-state index in [4.69, 9.17) is 0 Å². The summed E-state index contributed by atoms with van der Waals surface area (Å²) in [5, 5.41) is 27.1. The summed E-state index contributed by atoms with van der Waals surface area (Å²) in [6.45, 7) is 8.30. The number of anilines is 1. The largest absolute Gasteiger partial charge is 0.481 e. The van der Waals surface area contributed by atoms with Gasteiger partial charge in [0, 0.05) is 44.0 Å². The summed E-state index contributed by atoms with van der Waals surface area (Å²) in [5.41, 5.74) is 2.23. The number of halogens is 3. The Morgan fingerprint density at radius 1 is 1.17 bits per heavy atom. The van der Waals surface area contributed by atoms with Gasteiger partial charge in [0.1, 0.15) is 22.9 Å². The van der Waals surface area contributed by atoms with E-state index in [0.717, 1.165) is 41.3 Å². The number of nitrogens with zero attached hydrogens (tertiary/aromatic N) is 7. The molecule has 1 N–H and O–H groups in total. The van der Waals surface area contributed by atoms with Gasteiger partial charge in [0.25, 0.3) is 0 Å². The van der Waals surface area contributed by atoms with E-state index in [0.29, 0.717) is 39.5 Å². The second kappa shape index (κ2) is 12.0. The number of rotatable bonds is 6. The number of carboxylic acids is 1. The lowest BCUT2D eigenvalue weighted by atomic mass is 9.70. The predicted octanol–water partition coefficient (Wildman–Crippen LogP) is 5.77. The van der Waals surface area contributed by atoms with Gasteiger partial charge in [-0.25, -0.2) is 13.5 Å². The molecule has 0 bridgehead atoms. The summed E-state index contributed by atoms with van der Waals surface area (Å²) in [6, 6.07) is 11.0. The first-order chi connectivity index (χ1) is 22.2. The minimum atomic E-state index is -4.71. The summed E-state index contributed by atoms with van der Waals surface area (Å²) in [6.07, 6.45) is 0.963. The second-order valence-electron chi connectivity index (χ2n) is 12.8. The zero-order valence-corrected chi connectivity index (χ0v) is 27.2. The SMILES string of the molecule is Cc1ccc(C(c2ccn3c(C(F)(F)F)nnc3c2C)C(C)(C)C(=O)O)cc1CN1CC2CCCCN2c2ncc(C#N)cc2S1=O. The lowest BCUT2D eigenvalue weighted by molar-refractivity contribution is -0.147. The summed E-state index contributed by atoms with van der Waals surface area (Å²) in [5.74, 6) is -2.38. The molecule has 4 aromatic rings. The van der Waals surface area contributed by atoms with Gasteiger partial charge in [0.15, 0.2) is 5.65 Å². The van der Waals surface area contributed by atoms with E-state index in [1.54, 1.807) is 26.8 Å². The molecule has 1 saturated heterocycles. The van der Waals surface area contributed by atoms with E-state index in [1.165, 1.54) is 18.5 Å². The van der Waals surface area contributed by atoms with Gasteiger partial charge in [-0.1, -0.05) is 18.2 Å². The Balaban J connectivity index is 1.43. The molecule has 3 unspecified atom stereocenters. The molecular formula is C33H34F3N7O3S. The molecule has 14 heteroatoms. The number of hydrogen-bond donors (Lipinski definition) is 1. The number of piperidine rings is 1. The number of carbonyl (C=O) groups is 1. The Morgan fingerprint density at radius 3 is 2.64 bits per heavy atom. The van der Waals surface area contributed by atoms with Crippen LogP contribution in [0.1, 0.15) is 78.2 Å².